The lowest BCUT2D eigenvalue weighted by Gasteiger charge is -2.05. The summed E-state index contributed by atoms with van der Waals surface area (Å²) in [5.41, 5.74) is 5.24. The van der Waals surface area contributed by atoms with Crippen molar-refractivity contribution in [3.63, 3.8) is 0 Å². The molecule has 1 heterocycles. The van der Waals surface area contributed by atoms with Crippen LogP contribution in [0.25, 0.3) is 0 Å². The van der Waals surface area contributed by atoms with E-state index >= 15 is 0 Å². The molecule has 0 aliphatic rings. The summed E-state index contributed by atoms with van der Waals surface area (Å²) in [5, 5.41) is 26.1. The van der Waals surface area contributed by atoms with Crippen molar-refractivity contribution in [2.24, 2.45) is 0 Å². The summed E-state index contributed by atoms with van der Waals surface area (Å²) in [6.45, 7) is -0.110. The highest BCUT2D eigenvalue weighted by Crippen LogP contribution is 1.98. The number of nitrogens with one attached hydrogen (secondary N) is 2. The van der Waals surface area contributed by atoms with Crippen LogP contribution in [-0.2, 0) is 0 Å². The normalized spacial score (nSPS) is 12.8. The van der Waals surface area contributed by atoms with Crippen molar-refractivity contribution in [2.75, 3.05) is 24.2 Å². The monoisotopic (exact) mass is 173 g/mol. The molecular formula is C5H11N5O2. The van der Waals surface area contributed by atoms with Crippen LogP contribution < -0.4 is 11.1 Å². The largest absolute Gasteiger partial charge is 0.394 e. The molecule has 1 unspecified atom stereocenters. The predicted molar refractivity (Wildman–Crippen MR) is 42.4 cm³/mol. The third-order valence-electron chi connectivity index (χ3n) is 1.21. The number of anilines is 2. The topological polar surface area (TPSA) is 120 Å². The second-order valence-corrected chi connectivity index (χ2v) is 2.26. The lowest BCUT2D eigenvalue weighted by molar-refractivity contribution is 0.105. The maximum Gasteiger partial charge on any atom is 0.243 e. The molecule has 7 heteroatoms. The number of nitrogen functional groups attached to an aromatic ring is 1. The fraction of sp³-hybridized carbons (Fsp3) is 0.600. The molecule has 1 aromatic heterocycles. The van der Waals surface area contributed by atoms with E-state index in [1.165, 1.54) is 0 Å². The third-order valence-corrected chi connectivity index (χ3v) is 1.21. The zero-order chi connectivity index (χ0) is 8.97. The van der Waals surface area contributed by atoms with Crippen LogP contribution in [0, 0.1) is 0 Å². The molecule has 0 saturated carbocycles. The van der Waals surface area contributed by atoms with Crippen LogP contribution >= 0.6 is 0 Å². The number of aliphatic hydroxyl groups is 2. The summed E-state index contributed by atoms with van der Waals surface area (Å²) < 4.78 is 0. The van der Waals surface area contributed by atoms with Crippen molar-refractivity contribution in [3.05, 3.63) is 0 Å². The molecule has 0 aromatic carbocycles. The van der Waals surface area contributed by atoms with E-state index < -0.39 is 6.10 Å². The van der Waals surface area contributed by atoms with Crippen molar-refractivity contribution >= 4 is 11.9 Å². The molecule has 0 aliphatic heterocycles. The van der Waals surface area contributed by atoms with Gasteiger partial charge < -0.3 is 21.3 Å². The molecule has 68 valence electrons. The Hall–Kier alpha value is -1.34. The summed E-state index contributed by atoms with van der Waals surface area (Å²) >= 11 is 0. The first-order valence-corrected chi connectivity index (χ1v) is 3.43. The van der Waals surface area contributed by atoms with E-state index in [9.17, 15) is 0 Å². The van der Waals surface area contributed by atoms with Gasteiger partial charge in [0, 0.05) is 6.54 Å². The predicted octanol–water partition coefficient (Wildman–Crippen LogP) is -1.85. The molecule has 1 rings (SSSR count). The Balaban J connectivity index is 2.33. The highest BCUT2D eigenvalue weighted by atomic mass is 16.3. The van der Waals surface area contributed by atoms with Gasteiger partial charge in [-0.3, -0.25) is 0 Å². The summed E-state index contributed by atoms with van der Waals surface area (Å²) in [7, 11) is 0. The number of nitrogens with zero attached hydrogens (tertiary/aromatic N) is 2. The Morgan fingerprint density at radius 1 is 1.67 bits per heavy atom. The van der Waals surface area contributed by atoms with E-state index in [0.29, 0.717) is 5.95 Å². The standard InChI is InChI=1S/C5H11N5O2/c6-4-8-5(10-9-4)7-1-3(12)2-11/h3,11-12H,1-2H2,(H4,6,7,8,9,10). The lowest BCUT2D eigenvalue weighted by atomic mass is 10.4. The molecular weight excluding hydrogens is 162 g/mol. The maximum absolute atomic E-state index is 8.92. The Morgan fingerprint density at radius 3 is 2.92 bits per heavy atom. The van der Waals surface area contributed by atoms with E-state index in [1.54, 1.807) is 0 Å². The number of H-pyrrole nitrogens is 1. The second kappa shape index (κ2) is 3.88. The smallest absolute Gasteiger partial charge is 0.243 e. The summed E-state index contributed by atoms with van der Waals surface area (Å²) in [5.74, 6) is 0.510. The summed E-state index contributed by atoms with van der Waals surface area (Å²) in [6, 6.07) is 0. The van der Waals surface area contributed by atoms with Crippen LogP contribution in [0.5, 0.6) is 0 Å². The Kier molecular flexibility index (Phi) is 2.83. The first-order valence-electron chi connectivity index (χ1n) is 3.43. The minimum atomic E-state index is -0.815. The molecule has 0 aliphatic carbocycles. The van der Waals surface area contributed by atoms with Crippen LogP contribution in [-0.4, -0.2) is 44.7 Å². The van der Waals surface area contributed by atoms with Gasteiger partial charge >= 0.3 is 0 Å². The number of hydrogen-bond donors (Lipinski definition) is 5. The molecule has 0 saturated heterocycles. The van der Waals surface area contributed by atoms with Crippen molar-refractivity contribution in [2.45, 2.75) is 6.10 Å². The van der Waals surface area contributed by atoms with Crippen LogP contribution in [0.3, 0.4) is 0 Å². The van der Waals surface area contributed by atoms with Gasteiger partial charge in [-0.2, -0.15) is 4.98 Å². The molecule has 12 heavy (non-hydrogen) atoms. The van der Waals surface area contributed by atoms with Gasteiger partial charge in [0.25, 0.3) is 0 Å². The molecule has 0 bridgehead atoms. The maximum atomic E-state index is 8.92. The fourth-order valence-electron chi connectivity index (χ4n) is 0.627. The third kappa shape index (κ3) is 2.36. The highest BCUT2D eigenvalue weighted by Gasteiger charge is 2.03. The van der Waals surface area contributed by atoms with E-state index in [1.807, 2.05) is 0 Å². The van der Waals surface area contributed by atoms with Crippen LogP contribution in [0.15, 0.2) is 0 Å². The Labute approximate surface area is 68.6 Å². The van der Waals surface area contributed by atoms with Gasteiger partial charge in [0.1, 0.15) is 0 Å². The number of aromatic nitrogens is 3. The van der Waals surface area contributed by atoms with E-state index in [-0.39, 0.29) is 19.1 Å². The van der Waals surface area contributed by atoms with Gasteiger partial charge in [-0.15, -0.1) is 5.10 Å². The van der Waals surface area contributed by atoms with Crippen molar-refractivity contribution < 1.29 is 10.2 Å². The van der Waals surface area contributed by atoms with Gasteiger partial charge in [0.15, 0.2) is 0 Å². The average Bonchev–Trinajstić information content (AvgIpc) is 2.47. The number of hydrogen-bond acceptors (Lipinski definition) is 6. The van der Waals surface area contributed by atoms with E-state index in [4.69, 9.17) is 15.9 Å². The van der Waals surface area contributed by atoms with Crippen LogP contribution in [0.2, 0.25) is 0 Å². The first kappa shape index (κ1) is 8.75. The molecule has 0 spiro atoms. The van der Waals surface area contributed by atoms with Crippen LogP contribution in [0.1, 0.15) is 0 Å². The van der Waals surface area contributed by atoms with Crippen molar-refractivity contribution in [3.8, 4) is 0 Å². The fourth-order valence-corrected chi connectivity index (χ4v) is 0.627. The lowest BCUT2D eigenvalue weighted by Crippen LogP contribution is -2.23. The van der Waals surface area contributed by atoms with Gasteiger partial charge in [-0.1, -0.05) is 0 Å². The molecule has 0 amide bonds. The minimum Gasteiger partial charge on any atom is -0.394 e. The SMILES string of the molecule is Nc1nc(NCC(O)CO)n[nH]1. The van der Waals surface area contributed by atoms with Crippen molar-refractivity contribution in [1.29, 1.82) is 0 Å². The van der Waals surface area contributed by atoms with Gasteiger partial charge in [0.2, 0.25) is 11.9 Å². The number of rotatable bonds is 4. The Morgan fingerprint density at radius 2 is 2.42 bits per heavy atom. The molecule has 0 fully saturated rings. The molecule has 1 atom stereocenters. The van der Waals surface area contributed by atoms with Crippen LogP contribution in [0.4, 0.5) is 11.9 Å². The molecule has 0 radical (unpaired) electrons. The summed E-state index contributed by atoms with van der Waals surface area (Å²) in [4.78, 5) is 3.72. The zero-order valence-electron chi connectivity index (χ0n) is 6.36. The minimum absolute atomic E-state index is 0.188. The average molecular weight is 173 g/mol. The Bertz CT molecular complexity index is 237. The first-order chi connectivity index (χ1) is 5.72. The summed E-state index contributed by atoms with van der Waals surface area (Å²) in [6.07, 6.45) is -0.815. The molecule has 6 N–H and O–H groups in total. The van der Waals surface area contributed by atoms with Gasteiger partial charge in [-0.05, 0) is 0 Å². The van der Waals surface area contributed by atoms with Gasteiger partial charge in [0.05, 0.1) is 12.7 Å². The van der Waals surface area contributed by atoms with E-state index in [2.05, 4.69) is 20.5 Å². The highest BCUT2D eigenvalue weighted by molar-refractivity contribution is 5.29. The second-order valence-electron chi connectivity index (χ2n) is 2.26. The molecule has 7 nitrogen and oxygen atoms in total. The van der Waals surface area contributed by atoms with E-state index in [0.717, 1.165) is 0 Å². The number of nitrogens with two attached hydrogens (primary N) is 1. The molecule has 1 aromatic rings. The quantitative estimate of drug-likeness (QED) is 0.364. The van der Waals surface area contributed by atoms with Gasteiger partial charge in [-0.25, -0.2) is 5.10 Å². The van der Waals surface area contributed by atoms with Crippen molar-refractivity contribution in [1.82, 2.24) is 15.2 Å². The zero-order valence-corrected chi connectivity index (χ0v) is 6.36. The number of aromatic amines is 1. The number of aliphatic hydroxyl groups excluding tert-OH is 2.